The van der Waals surface area contributed by atoms with Crippen LogP contribution in [0.5, 0.6) is 0 Å². The lowest BCUT2D eigenvalue weighted by Gasteiger charge is -2.17. The van der Waals surface area contributed by atoms with Gasteiger partial charge in [0.05, 0.1) is 27.8 Å². The van der Waals surface area contributed by atoms with E-state index in [9.17, 15) is 19.1 Å². The Labute approximate surface area is 184 Å². The molecule has 2 unspecified atom stereocenters. The van der Waals surface area contributed by atoms with Crippen LogP contribution in [0.15, 0.2) is 29.1 Å². The molecule has 1 amide bonds. The number of aromatic amines is 1. The lowest BCUT2D eigenvalue weighted by atomic mass is 9.99. The molecular weight excluding hydrogens is 437 g/mol. The number of nitrogens with one attached hydrogen (secondary N) is 1. The maximum absolute atomic E-state index is 14.1. The van der Waals surface area contributed by atoms with Crippen molar-refractivity contribution in [2.45, 2.75) is 31.4 Å². The van der Waals surface area contributed by atoms with Crippen LogP contribution in [0.3, 0.4) is 0 Å². The first-order valence-electron chi connectivity index (χ1n) is 10.4. The number of aliphatic hydroxyl groups is 1. The summed E-state index contributed by atoms with van der Waals surface area (Å²) in [6, 6.07) is 6.05. The summed E-state index contributed by atoms with van der Waals surface area (Å²) in [6.45, 7) is 0. The maximum Gasteiger partial charge on any atom is 0.294 e. The molecule has 2 N–H and O–H groups in total. The Balaban J connectivity index is 1.47. The normalized spacial score (nSPS) is 20.2. The van der Waals surface area contributed by atoms with E-state index in [2.05, 4.69) is 15.2 Å². The molecule has 0 radical (unpaired) electrons. The molecule has 4 heterocycles. The van der Waals surface area contributed by atoms with Crippen LogP contribution in [0.25, 0.3) is 16.7 Å². The van der Waals surface area contributed by atoms with E-state index in [0.717, 1.165) is 24.0 Å². The Morgan fingerprint density at radius 3 is 2.78 bits per heavy atom. The number of rotatable bonds is 2. The topological polar surface area (TPSA) is 104 Å². The minimum atomic E-state index is -0.817. The van der Waals surface area contributed by atoms with Gasteiger partial charge in [0.1, 0.15) is 11.9 Å². The predicted molar refractivity (Wildman–Crippen MR) is 113 cm³/mol. The second-order valence-corrected chi connectivity index (χ2v) is 9.11. The standard InChI is InChI=1S/C22H15ClFN5O3/c23-12-3-9-4-16-10-6-17-14(5-11(10)22(32)28(16)15(9)7-13(12)24)25-21(31)20-27-26-19(29(17)20)18(30)8-1-2-8/h3,5-8,16,18,30H,1-2,4H2,(H,25,31). The molecule has 2 aromatic carbocycles. The van der Waals surface area contributed by atoms with E-state index < -0.39 is 17.5 Å². The minimum absolute atomic E-state index is 0.0265. The largest absolute Gasteiger partial charge is 0.385 e. The Morgan fingerprint density at radius 2 is 2.00 bits per heavy atom. The molecule has 32 heavy (non-hydrogen) atoms. The van der Waals surface area contributed by atoms with Crippen molar-refractivity contribution in [2.75, 3.05) is 4.90 Å². The van der Waals surface area contributed by atoms with E-state index in [-0.39, 0.29) is 28.5 Å². The zero-order valence-corrected chi connectivity index (χ0v) is 17.2. The molecule has 4 aromatic rings. The number of benzene rings is 2. The number of H-pyrrole nitrogens is 1. The number of hydrogen-bond acceptors (Lipinski definition) is 5. The summed E-state index contributed by atoms with van der Waals surface area (Å²) in [4.78, 5) is 30.2. The van der Waals surface area contributed by atoms with Gasteiger partial charge < -0.3 is 15.0 Å². The van der Waals surface area contributed by atoms with Crippen molar-refractivity contribution >= 4 is 39.9 Å². The van der Waals surface area contributed by atoms with E-state index in [1.807, 2.05) is 6.07 Å². The van der Waals surface area contributed by atoms with Crippen LogP contribution in [-0.2, 0) is 6.42 Å². The fourth-order valence-electron chi connectivity index (χ4n) is 5.09. The van der Waals surface area contributed by atoms with Gasteiger partial charge in [0, 0.05) is 5.56 Å². The van der Waals surface area contributed by atoms with E-state index in [1.165, 1.54) is 6.07 Å². The Morgan fingerprint density at radius 1 is 1.19 bits per heavy atom. The molecule has 8 nitrogen and oxygen atoms in total. The van der Waals surface area contributed by atoms with Crippen LogP contribution in [-0.4, -0.2) is 30.6 Å². The number of hydrogen-bond donors (Lipinski definition) is 2. The fourth-order valence-corrected chi connectivity index (χ4v) is 5.27. The molecule has 0 saturated heterocycles. The van der Waals surface area contributed by atoms with Crippen molar-refractivity contribution in [1.29, 1.82) is 0 Å². The molecule has 3 aliphatic rings. The first kappa shape index (κ1) is 18.3. The van der Waals surface area contributed by atoms with E-state index in [0.29, 0.717) is 34.5 Å². The van der Waals surface area contributed by atoms with Gasteiger partial charge in [0.25, 0.3) is 11.5 Å². The third-order valence-corrected chi connectivity index (χ3v) is 7.09. The lowest BCUT2D eigenvalue weighted by Crippen LogP contribution is -2.24. The van der Waals surface area contributed by atoms with Crippen LogP contribution in [0, 0.1) is 11.7 Å². The molecule has 160 valence electrons. The van der Waals surface area contributed by atoms with Crippen molar-refractivity contribution in [2.24, 2.45) is 5.92 Å². The second-order valence-electron chi connectivity index (χ2n) is 8.70. The van der Waals surface area contributed by atoms with Crippen LogP contribution in [0.1, 0.15) is 52.3 Å². The van der Waals surface area contributed by atoms with Crippen LogP contribution >= 0.6 is 11.6 Å². The maximum atomic E-state index is 14.1. The molecule has 1 saturated carbocycles. The average Bonchev–Trinajstić information content (AvgIpc) is 3.34. The lowest BCUT2D eigenvalue weighted by molar-refractivity contribution is 0.0993. The number of amides is 1. The van der Waals surface area contributed by atoms with E-state index in [1.54, 1.807) is 21.4 Å². The smallest absolute Gasteiger partial charge is 0.294 e. The van der Waals surface area contributed by atoms with Gasteiger partial charge >= 0.3 is 0 Å². The molecule has 1 aliphatic carbocycles. The molecule has 1 fully saturated rings. The summed E-state index contributed by atoms with van der Waals surface area (Å²) >= 11 is 5.96. The molecule has 2 atom stereocenters. The summed E-state index contributed by atoms with van der Waals surface area (Å²) in [5.74, 6) is -0.403. The zero-order chi connectivity index (χ0) is 21.9. The summed E-state index contributed by atoms with van der Waals surface area (Å²) in [5.41, 5.74) is 3.23. The summed E-state index contributed by atoms with van der Waals surface area (Å²) in [5, 5.41) is 18.8. The molecule has 2 aromatic heterocycles. The third kappa shape index (κ3) is 2.24. The number of carbonyl (C=O) groups is 1. The minimum Gasteiger partial charge on any atom is -0.385 e. The van der Waals surface area contributed by atoms with E-state index >= 15 is 0 Å². The number of aromatic nitrogens is 4. The van der Waals surface area contributed by atoms with Crippen molar-refractivity contribution in [1.82, 2.24) is 19.6 Å². The van der Waals surface area contributed by atoms with Gasteiger partial charge in [-0.15, -0.1) is 10.2 Å². The molecule has 0 spiro atoms. The molecule has 7 rings (SSSR count). The predicted octanol–water partition coefficient (Wildman–Crippen LogP) is 3.06. The quantitative estimate of drug-likeness (QED) is 0.487. The van der Waals surface area contributed by atoms with Crippen LogP contribution in [0.2, 0.25) is 5.02 Å². The van der Waals surface area contributed by atoms with Gasteiger partial charge in [0.2, 0.25) is 5.65 Å². The van der Waals surface area contributed by atoms with Gasteiger partial charge in [-0.2, -0.15) is 0 Å². The number of carbonyl (C=O) groups excluding carboxylic acids is 1. The van der Waals surface area contributed by atoms with Gasteiger partial charge in [-0.3, -0.25) is 14.0 Å². The van der Waals surface area contributed by atoms with Crippen LogP contribution < -0.4 is 10.5 Å². The summed E-state index contributed by atoms with van der Waals surface area (Å²) in [7, 11) is 0. The number of aliphatic hydroxyl groups excluding tert-OH is 1. The number of anilines is 1. The van der Waals surface area contributed by atoms with Gasteiger partial charge in [-0.25, -0.2) is 4.39 Å². The summed E-state index contributed by atoms with van der Waals surface area (Å²) in [6.07, 6.45) is 1.49. The van der Waals surface area contributed by atoms with E-state index in [4.69, 9.17) is 11.6 Å². The number of halogens is 2. The Hall–Kier alpha value is -3.30. The number of fused-ring (bicyclic) bond motifs is 8. The first-order chi connectivity index (χ1) is 15.4. The highest BCUT2D eigenvalue weighted by atomic mass is 35.5. The van der Waals surface area contributed by atoms with Gasteiger partial charge in [-0.1, -0.05) is 11.6 Å². The van der Waals surface area contributed by atoms with Gasteiger partial charge in [0.15, 0.2) is 5.82 Å². The van der Waals surface area contributed by atoms with Crippen molar-refractivity contribution in [3.8, 4) is 0 Å². The average molecular weight is 452 g/mol. The SMILES string of the molecule is O=C1c2cc3[nH]c(=O)c4nnc(C(O)C5CC5)n4c3cc2C2Cc3cc(Cl)c(F)cc3N12. The monoisotopic (exact) mass is 451 g/mol. The molecule has 2 aliphatic heterocycles. The summed E-state index contributed by atoms with van der Waals surface area (Å²) < 4.78 is 15.7. The second kappa shape index (κ2) is 5.93. The Bertz CT molecular complexity index is 1570. The molecule has 0 bridgehead atoms. The molecule has 10 heteroatoms. The van der Waals surface area contributed by atoms with Crippen LogP contribution in [0.4, 0.5) is 10.1 Å². The third-order valence-electron chi connectivity index (χ3n) is 6.80. The highest BCUT2D eigenvalue weighted by molar-refractivity contribution is 6.31. The number of nitrogens with zero attached hydrogens (tertiary/aromatic N) is 4. The zero-order valence-electron chi connectivity index (χ0n) is 16.5. The Kier molecular flexibility index (Phi) is 3.39. The fraction of sp³-hybridized carbons (Fsp3) is 0.273. The van der Waals surface area contributed by atoms with Crippen molar-refractivity contribution in [3.05, 3.63) is 68.0 Å². The van der Waals surface area contributed by atoms with Crippen molar-refractivity contribution in [3.63, 3.8) is 0 Å². The first-order valence-corrected chi connectivity index (χ1v) is 10.7. The van der Waals surface area contributed by atoms with Gasteiger partial charge in [-0.05, 0) is 60.6 Å². The highest BCUT2D eigenvalue weighted by Gasteiger charge is 2.44. The molecular formula is C22H15ClFN5O3. The highest BCUT2D eigenvalue weighted by Crippen LogP contribution is 2.48. The van der Waals surface area contributed by atoms with Crippen molar-refractivity contribution < 1.29 is 14.3 Å².